The third-order valence-electron chi connectivity index (χ3n) is 3.84. The van der Waals surface area contributed by atoms with E-state index in [1.165, 1.54) is 11.3 Å². The Morgan fingerprint density at radius 2 is 1.85 bits per heavy atom. The summed E-state index contributed by atoms with van der Waals surface area (Å²) in [6.45, 7) is 1.70. The third-order valence-corrected chi connectivity index (χ3v) is 4.60. The van der Waals surface area contributed by atoms with Gasteiger partial charge < -0.3 is 14.2 Å². The first-order chi connectivity index (χ1) is 13.1. The van der Waals surface area contributed by atoms with E-state index in [0.717, 1.165) is 5.56 Å². The van der Waals surface area contributed by atoms with Crippen molar-refractivity contribution in [1.29, 1.82) is 0 Å². The lowest BCUT2D eigenvalue weighted by Crippen LogP contribution is -2.30. The molecule has 0 fully saturated rings. The second kappa shape index (κ2) is 8.55. The van der Waals surface area contributed by atoms with E-state index < -0.39 is 6.10 Å². The van der Waals surface area contributed by atoms with E-state index in [4.69, 9.17) is 14.2 Å². The van der Waals surface area contributed by atoms with Gasteiger partial charge in [0.25, 0.3) is 5.91 Å². The van der Waals surface area contributed by atoms with Gasteiger partial charge in [-0.05, 0) is 37.3 Å². The Morgan fingerprint density at radius 1 is 1.07 bits per heavy atom. The Bertz CT molecular complexity index is 911. The van der Waals surface area contributed by atoms with E-state index in [1.54, 1.807) is 33.3 Å². The van der Waals surface area contributed by atoms with Gasteiger partial charge in [0.2, 0.25) is 0 Å². The average Bonchev–Trinajstić information content (AvgIpc) is 3.16. The number of methoxy groups -OCH3 is 2. The van der Waals surface area contributed by atoms with E-state index in [9.17, 15) is 4.79 Å². The van der Waals surface area contributed by atoms with Gasteiger partial charge in [0.1, 0.15) is 17.2 Å². The molecule has 27 heavy (non-hydrogen) atoms. The van der Waals surface area contributed by atoms with Crippen molar-refractivity contribution < 1.29 is 19.0 Å². The highest BCUT2D eigenvalue weighted by Gasteiger charge is 2.17. The summed E-state index contributed by atoms with van der Waals surface area (Å²) in [4.78, 5) is 16.9. The van der Waals surface area contributed by atoms with Gasteiger partial charge in [0.05, 0.1) is 19.9 Å². The first-order valence-electron chi connectivity index (χ1n) is 8.31. The Hall–Kier alpha value is -3.06. The third kappa shape index (κ3) is 4.57. The number of hydrogen-bond acceptors (Lipinski definition) is 6. The normalized spacial score (nSPS) is 11.5. The molecule has 3 aromatic rings. The van der Waals surface area contributed by atoms with Crippen LogP contribution in [-0.4, -0.2) is 31.2 Å². The van der Waals surface area contributed by atoms with Crippen LogP contribution in [0, 0.1) is 0 Å². The van der Waals surface area contributed by atoms with E-state index in [-0.39, 0.29) is 5.91 Å². The van der Waals surface area contributed by atoms with Crippen LogP contribution in [0.15, 0.2) is 53.9 Å². The maximum absolute atomic E-state index is 12.4. The highest BCUT2D eigenvalue weighted by molar-refractivity contribution is 7.14. The molecule has 1 aromatic heterocycles. The molecule has 0 saturated heterocycles. The van der Waals surface area contributed by atoms with Crippen LogP contribution < -0.4 is 19.5 Å². The largest absolute Gasteiger partial charge is 0.497 e. The molecule has 1 amide bonds. The van der Waals surface area contributed by atoms with Crippen molar-refractivity contribution in [3.63, 3.8) is 0 Å². The number of rotatable bonds is 7. The molecule has 2 aromatic carbocycles. The number of ether oxygens (including phenoxy) is 3. The zero-order valence-electron chi connectivity index (χ0n) is 15.3. The van der Waals surface area contributed by atoms with Gasteiger partial charge >= 0.3 is 0 Å². The number of benzene rings is 2. The number of carbonyl (C=O) groups is 1. The smallest absolute Gasteiger partial charge is 0.266 e. The van der Waals surface area contributed by atoms with Crippen molar-refractivity contribution in [3.05, 3.63) is 53.9 Å². The van der Waals surface area contributed by atoms with Crippen molar-refractivity contribution in [2.45, 2.75) is 13.0 Å². The van der Waals surface area contributed by atoms with Crippen molar-refractivity contribution >= 4 is 22.4 Å². The number of aromatic nitrogens is 1. The van der Waals surface area contributed by atoms with Crippen LogP contribution in [0.2, 0.25) is 0 Å². The first kappa shape index (κ1) is 18.7. The Balaban J connectivity index is 1.72. The van der Waals surface area contributed by atoms with Crippen LogP contribution in [0.1, 0.15) is 6.92 Å². The number of thiazole rings is 1. The van der Waals surface area contributed by atoms with Gasteiger partial charge in [-0.15, -0.1) is 11.3 Å². The molecule has 0 radical (unpaired) electrons. The second-order valence-electron chi connectivity index (χ2n) is 5.67. The molecule has 0 spiro atoms. The number of anilines is 1. The molecule has 6 nitrogen and oxygen atoms in total. The number of nitrogens with zero attached hydrogens (tertiary/aromatic N) is 1. The number of amides is 1. The minimum Gasteiger partial charge on any atom is -0.497 e. The van der Waals surface area contributed by atoms with Crippen molar-refractivity contribution in [3.8, 4) is 28.5 Å². The maximum atomic E-state index is 12.4. The molecule has 3 rings (SSSR count). The van der Waals surface area contributed by atoms with Crippen LogP contribution in [0.5, 0.6) is 17.2 Å². The molecule has 1 heterocycles. The summed E-state index contributed by atoms with van der Waals surface area (Å²) < 4.78 is 16.3. The zero-order chi connectivity index (χ0) is 19.2. The van der Waals surface area contributed by atoms with Crippen LogP contribution >= 0.6 is 11.3 Å². The van der Waals surface area contributed by atoms with Gasteiger partial charge in [-0.25, -0.2) is 4.98 Å². The predicted molar refractivity (Wildman–Crippen MR) is 106 cm³/mol. The predicted octanol–water partition coefficient (Wildman–Crippen LogP) is 4.23. The maximum Gasteiger partial charge on any atom is 0.266 e. The molecule has 0 aliphatic rings. The fourth-order valence-electron chi connectivity index (χ4n) is 2.43. The zero-order valence-corrected chi connectivity index (χ0v) is 16.1. The first-order valence-corrected chi connectivity index (χ1v) is 9.19. The number of carbonyl (C=O) groups excluding carboxylic acids is 1. The molecule has 0 aliphatic heterocycles. The molecule has 0 bridgehead atoms. The van der Waals surface area contributed by atoms with Crippen molar-refractivity contribution in [2.24, 2.45) is 0 Å². The number of hydrogen-bond donors (Lipinski definition) is 1. The minimum absolute atomic E-state index is 0.266. The quantitative estimate of drug-likeness (QED) is 0.660. The summed E-state index contributed by atoms with van der Waals surface area (Å²) in [6.07, 6.45) is -0.647. The Labute approximate surface area is 161 Å². The van der Waals surface area contributed by atoms with E-state index in [0.29, 0.717) is 28.1 Å². The van der Waals surface area contributed by atoms with Gasteiger partial charge in [0, 0.05) is 10.9 Å². The lowest BCUT2D eigenvalue weighted by Gasteiger charge is -2.13. The fourth-order valence-corrected chi connectivity index (χ4v) is 3.15. The highest BCUT2D eigenvalue weighted by atomic mass is 32.1. The van der Waals surface area contributed by atoms with Crippen molar-refractivity contribution in [1.82, 2.24) is 4.98 Å². The monoisotopic (exact) mass is 384 g/mol. The van der Waals surface area contributed by atoms with Crippen molar-refractivity contribution in [2.75, 3.05) is 19.5 Å². The molecular weight excluding hydrogens is 364 g/mol. The summed E-state index contributed by atoms with van der Waals surface area (Å²) in [5.41, 5.74) is 1.49. The van der Waals surface area contributed by atoms with Crippen LogP contribution in [-0.2, 0) is 4.79 Å². The molecule has 1 N–H and O–H groups in total. The topological polar surface area (TPSA) is 69.7 Å². The minimum atomic E-state index is -0.647. The molecular formula is C20H20N2O4S. The average molecular weight is 384 g/mol. The molecule has 1 atom stereocenters. The summed E-state index contributed by atoms with van der Waals surface area (Å²) >= 11 is 1.33. The Kier molecular flexibility index (Phi) is 5.93. The SMILES string of the molecule is COc1ccc(OC)c(-c2csc(NC(=O)C(C)Oc3ccccc3)n2)c1. The standard InChI is InChI=1S/C20H20N2O4S/c1-13(26-14-7-5-4-6-8-14)19(23)22-20-21-17(12-27-20)16-11-15(24-2)9-10-18(16)25-3/h4-13H,1-3H3,(H,21,22,23). The van der Waals surface area contributed by atoms with Gasteiger partial charge in [-0.3, -0.25) is 10.1 Å². The molecule has 140 valence electrons. The lowest BCUT2D eigenvalue weighted by atomic mass is 10.1. The molecule has 1 unspecified atom stereocenters. The summed E-state index contributed by atoms with van der Waals surface area (Å²) in [5, 5.41) is 5.14. The molecule has 0 saturated carbocycles. The number of para-hydroxylation sites is 1. The van der Waals surface area contributed by atoms with Crippen LogP contribution in [0.4, 0.5) is 5.13 Å². The van der Waals surface area contributed by atoms with Crippen LogP contribution in [0.3, 0.4) is 0 Å². The summed E-state index contributed by atoms with van der Waals surface area (Å²) in [6, 6.07) is 14.7. The summed E-state index contributed by atoms with van der Waals surface area (Å²) in [7, 11) is 3.20. The van der Waals surface area contributed by atoms with E-state index in [1.807, 2.05) is 41.8 Å². The van der Waals surface area contributed by atoms with Gasteiger partial charge in [-0.2, -0.15) is 0 Å². The van der Waals surface area contributed by atoms with Gasteiger partial charge in [0.15, 0.2) is 11.2 Å². The summed E-state index contributed by atoms with van der Waals surface area (Å²) in [5.74, 6) is 1.76. The second-order valence-corrected chi connectivity index (χ2v) is 6.52. The molecule has 7 heteroatoms. The highest BCUT2D eigenvalue weighted by Crippen LogP contribution is 2.35. The van der Waals surface area contributed by atoms with E-state index in [2.05, 4.69) is 10.3 Å². The molecule has 0 aliphatic carbocycles. The lowest BCUT2D eigenvalue weighted by molar-refractivity contribution is -0.122. The van der Waals surface area contributed by atoms with Gasteiger partial charge in [-0.1, -0.05) is 18.2 Å². The Morgan fingerprint density at radius 3 is 2.56 bits per heavy atom. The van der Waals surface area contributed by atoms with E-state index >= 15 is 0 Å². The number of nitrogens with one attached hydrogen (secondary N) is 1. The van der Waals surface area contributed by atoms with Crippen LogP contribution in [0.25, 0.3) is 11.3 Å². The fraction of sp³-hybridized carbons (Fsp3) is 0.200.